The summed E-state index contributed by atoms with van der Waals surface area (Å²) in [5.41, 5.74) is 5.34. The monoisotopic (exact) mass is 344 g/mol. The van der Waals surface area contributed by atoms with E-state index < -0.39 is 0 Å². The first-order chi connectivity index (χ1) is 12.6. The zero-order chi connectivity index (χ0) is 18.1. The number of aromatic nitrogens is 3. The summed E-state index contributed by atoms with van der Waals surface area (Å²) in [6.45, 7) is 2.65. The van der Waals surface area contributed by atoms with Crippen LogP contribution in [0.25, 0.3) is 0 Å². The van der Waals surface area contributed by atoms with Gasteiger partial charge in [0.25, 0.3) is 5.95 Å². The highest BCUT2D eigenvalue weighted by Gasteiger charge is 2.25. The number of hydrogen-bond acceptors (Lipinski definition) is 5. The summed E-state index contributed by atoms with van der Waals surface area (Å²) in [6.07, 6.45) is 1.51. The molecule has 1 aromatic heterocycles. The van der Waals surface area contributed by atoms with E-state index in [0.717, 1.165) is 28.4 Å². The van der Waals surface area contributed by atoms with Crippen LogP contribution in [-0.2, 0) is 6.54 Å². The highest BCUT2D eigenvalue weighted by Crippen LogP contribution is 2.22. The van der Waals surface area contributed by atoms with E-state index >= 15 is 0 Å². The van der Waals surface area contributed by atoms with Gasteiger partial charge in [0.15, 0.2) is 5.84 Å². The average Bonchev–Trinajstić information content (AvgIpc) is 3.23. The van der Waals surface area contributed by atoms with E-state index in [4.69, 9.17) is 4.99 Å². The number of nitrogens with zero attached hydrogens (tertiary/aromatic N) is 6. The highest BCUT2D eigenvalue weighted by atomic mass is 15.4. The maximum absolute atomic E-state index is 4.79. The van der Waals surface area contributed by atoms with Crippen molar-refractivity contribution in [2.45, 2.75) is 13.5 Å². The van der Waals surface area contributed by atoms with E-state index in [1.807, 2.05) is 14.1 Å². The molecule has 26 heavy (non-hydrogen) atoms. The second kappa shape index (κ2) is 6.55. The Morgan fingerprint density at radius 1 is 1.00 bits per heavy atom. The van der Waals surface area contributed by atoms with E-state index in [2.05, 4.69) is 75.4 Å². The Balaban J connectivity index is 1.67. The van der Waals surface area contributed by atoms with Gasteiger partial charge in [-0.3, -0.25) is 4.99 Å². The van der Waals surface area contributed by atoms with Crippen molar-refractivity contribution >= 4 is 23.2 Å². The number of hydrogen-bond donors (Lipinski definition) is 0. The SMILES string of the molecule is Cc1ccc(CN=C2C(c3ccc(N(C)C)cc3)=Nc3ncnn32)cc1. The maximum Gasteiger partial charge on any atom is 0.254 e. The molecule has 0 bridgehead atoms. The van der Waals surface area contributed by atoms with Gasteiger partial charge in [-0.1, -0.05) is 42.0 Å². The van der Waals surface area contributed by atoms with Gasteiger partial charge in [-0.2, -0.15) is 14.8 Å². The van der Waals surface area contributed by atoms with Crippen molar-refractivity contribution in [3.63, 3.8) is 0 Å². The highest BCUT2D eigenvalue weighted by molar-refractivity contribution is 6.50. The lowest BCUT2D eigenvalue weighted by molar-refractivity contribution is 0.932. The predicted octanol–water partition coefficient (Wildman–Crippen LogP) is 3.23. The Hall–Kier alpha value is -3.28. The maximum atomic E-state index is 4.79. The molecule has 0 radical (unpaired) electrons. The molecule has 0 unspecified atom stereocenters. The van der Waals surface area contributed by atoms with Crippen LogP contribution in [0.1, 0.15) is 16.7 Å². The Morgan fingerprint density at radius 2 is 1.73 bits per heavy atom. The molecule has 6 heteroatoms. The Morgan fingerprint density at radius 3 is 2.42 bits per heavy atom. The van der Waals surface area contributed by atoms with Gasteiger partial charge in [-0.25, -0.2) is 4.99 Å². The Labute approximate surface area is 152 Å². The quantitative estimate of drug-likeness (QED) is 0.730. The number of aryl methyl sites for hydroxylation is 1. The van der Waals surface area contributed by atoms with E-state index in [0.29, 0.717) is 12.5 Å². The van der Waals surface area contributed by atoms with Crippen LogP contribution >= 0.6 is 0 Å². The Kier molecular flexibility index (Phi) is 4.08. The third-order valence-corrected chi connectivity index (χ3v) is 4.34. The number of benzene rings is 2. The second-order valence-corrected chi connectivity index (χ2v) is 6.50. The molecular weight excluding hydrogens is 324 g/mol. The first kappa shape index (κ1) is 16.2. The summed E-state index contributed by atoms with van der Waals surface area (Å²) in [7, 11) is 4.05. The van der Waals surface area contributed by atoms with Crippen LogP contribution in [0.15, 0.2) is 64.8 Å². The molecule has 0 spiro atoms. The minimum atomic E-state index is 0.569. The lowest BCUT2D eigenvalue weighted by Crippen LogP contribution is -2.20. The third-order valence-electron chi connectivity index (χ3n) is 4.34. The Bertz CT molecular complexity index is 978. The van der Waals surface area contributed by atoms with Crippen molar-refractivity contribution in [1.82, 2.24) is 14.8 Å². The molecule has 4 rings (SSSR count). The summed E-state index contributed by atoms with van der Waals surface area (Å²) < 4.78 is 1.70. The first-order valence-electron chi connectivity index (χ1n) is 8.49. The molecule has 0 saturated heterocycles. The summed E-state index contributed by atoms with van der Waals surface area (Å²) in [5.74, 6) is 1.30. The van der Waals surface area contributed by atoms with Crippen LogP contribution < -0.4 is 4.90 Å². The van der Waals surface area contributed by atoms with E-state index in [1.54, 1.807) is 4.68 Å². The first-order valence-corrected chi connectivity index (χ1v) is 8.49. The lowest BCUT2D eigenvalue weighted by Gasteiger charge is -2.12. The van der Waals surface area contributed by atoms with Gasteiger partial charge >= 0.3 is 0 Å². The zero-order valence-corrected chi connectivity index (χ0v) is 15.1. The van der Waals surface area contributed by atoms with Crippen LogP contribution in [0, 0.1) is 6.92 Å². The number of rotatable bonds is 4. The van der Waals surface area contributed by atoms with Crippen molar-refractivity contribution in [3.8, 4) is 0 Å². The lowest BCUT2D eigenvalue weighted by atomic mass is 10.1. The van der Waals surface area contributed by atoms with E-state index in [-0.39, 0.29) is 0 Å². The van der Waals surface area contributed by atoms with E-state index in [1.165, 1.54) is 11.9 Å². The van der Waals surface area contributed by atoms with Gasteiger partial charge in [-0.05, 0) is 24.6 Å². The van der Waals surface area contributed by atoms with E-state index in [9.17, 15) is 0 Å². The molecule has 2 heterocycles. The molecule has 2 aromatic carbocycles. The van der Waals surface area contributed by atoms with Crippen molar-refractivity contribution in [2.75, 3.05) is 19.0 Å². The molecule has 130 valence electrons. The number of aliphatic imine (C=N–C) groups is 2. The van der Waals surface area contributed by atoms with Gasteiger partial charge in [-0.15, -0.1) is 0 Å². The fraction of sp³-hybridized carbons (Fsp3) is 0.200. The van der Waals surface area contributed by atoms with Gasteiger partial charge in [0.1, 0.15) is 12.0 Å². The van der Waals surface area contributed by atoms with Gasteiger partial charge in [0, 0.05) is 25.3 Å². The number of fused-ring (bicyclic) bond motifs is 1. The van der Waals surface area contributed by atoms with Gasteiger partial charge in [0.2, 0.25) is 0 Å². The minimum absolute atomic E-state index is 0.569. The van der Waals surface area contributed by atoms with Gasteiger partial charge < -0.3 is 4.90 Å². The molecule has 6 nitrogen and oxygen atoms in total. The molecule has 1 aliphatic heterocycles. The summed E-state index contributed by atoms with van der Waals surface area (Å²) in [4.78, 5) is 15.7. The number of anilines is 1. The molecule has 0 atom stereocenters. The summed E-state index contributed by atoms with van der Waals surface area (Å²) >= 11 is 0. The molecule has 0 saturated carbocycles. The minimum Gasteiger partial charge on any atom is -0.378 e. The fourth-order valence-electron chi connectivity index (χ4n) is 2.82. The van der Waals surface area contributed by atoms with Crippen LogP contribution in [0.2, 0.25) is 0 Å². The van der Waals surface area contributed by atoms with Crippen LogP contribution in [0.3, 0.4) is 0 Å². The average molecular weight is 344 g/mol. The second-order valence-electron chi connectivity index (χ2n) is 6.50. The van der Waals surface area contributed by atoms with Gasteiger partial charge in [0.05, 0.1) is 6.54 Å². The topological polar surface area (TPSA) is 58.7 Å². The normalized spacial score (nSPS) is 14.4. The summed E-state index contributed by atoms with van der Waals surface area (Å²) in [5, 5.41) is 4.28. The van der Waals surface area contributed by atoms with Crippen molar-refractivity contribution in [2.24, 2.45) is 9.98 Å². The smallest absolute Gasteiger partial charge is 0.254 e. The standard InChI is InChI=1S/C20H20N6/c1-14-4-6-15(7-5-14)12-21-19-18(24-20-22-13-23-26(19)20)16-8-10-17(11-9-16)25(2)3/h4-11,13H,12H2,1-3H3. The third kappa shape index (κ3) is 3.01. The van der Waals surface area contributed by atoms with Crippen molar-refractivity contribution < 1.29 is 0 Å². The summed E-state index contributed by atoms with van der Waals surface area (Å²) in [6, 6.07) is 16.6. The van der Waals surface area contributed by atoms with Crippen molar-refractivity contribution in [1.29, 1.82) is 0 Å². The molecule has 0 aliphatic carbocycles. The fourth-order valence-corrected chi connectivity index (χ4v) is 2.82. The molecule has 0 N–H and O–H groups in total. The van der Waals surface area contributed by atoms with Crippen LogP contribution in [0.4, 0.5) is 11.6 Å². The van der Waals surface area contributed by atoms with Crippen LogP contribution in [0.5, 0.6) is 0 Å². The molecule has 0 fully saturated rings. The largest absolute Gasteiger partial charge is 0.378 e. The van der Waals surface area contributed by atoms with Crippen LogP contribution in [-0.4, -0.2) is 40.4 Å². The molecule has 0 amide bonds. The zero-order valence-electron chi connectivity index (χ0n) is 15.1. The predicted molar refractivity (Wildman–Crippen MR) is 105 cm³/mol. The molecular formula is C20H20N6. The molecule has 3 aromatic rings. The van der Waals surface area contributed by atoms with Crippen molar-refractivity contribution in [3.05, 3.63) is 71.5 Å². The molecule has 1 aliphatic rings.